The van der Waals surface area contributed by atoms with Crippen LogP contribution in [0.1, 0.15) is 24.5 Å². The first-order valence-corrected chi connectivity index (χ1v) is 9.43. The normalized spacial score (nSPS) is 11.5. The monoisotopic (exact) mass is 375 g/mol. The van der Waals surface area contributed by atoms with E-state index in [-0.39, 0.29) is 5.91 Å². The van der Waals surface area contributed by atoms with E-state index in [1.807, 2.05) is 93.6 Å². The van der Waals surface area contributed by atoms with Gasteiger partial charge in [0.05, 0.1) is 0 Å². The molecule has 4 heteroatoms. The highest BCUT2D eigenvalue weighted by molar-refractivity contribution is 5.94. The van der Waals surface area contributed by atoms with Crippen LogP contribution in [-0.4, -0.2) is 12.0 Å². The maximum atomic E-state index is 12.7. The number of rotatable bonds is 7. The molecule has 3 aromatic carbocycles. The molecule has 3 rings (SSSR count). The van der Waals surface area contributed by atoms with E-state index in [2.05, 4.69) is 5.32 Å². The topological polar surface area (TPSA) is 47.6 Å². The summed E-state index contributed by atoms with van der Waals surface area (Å²) >= 11 is 0. The molecule has 1 amide bonds. The van der Waals surface area contributed by atoms with Crippen molar-refractivity contribution in [3.63, 3.8) is 0 Å². The molecule has 0 aliphatic carbocycles. The molecule has 144 valence electrons. The predicted octanol–water partition coefficient (Wildman–Crippen LogP) is 5.89. The lowest BCUT2D eigenvalue weighted by molar-refractivity contribution is -0.122. The molecule has 1 atom stereocenters. The zero-order valence-electron chi connectivity index (χ0n) is 16.4. The number of anilines is 1. The Hall–Kier alpha value is -3.27. The van der Waals surface area contributed by atoms with Gasteiger partial charge in [-0.2, -0.15) is 0 Å². The highest BCUT2D eigenvalue weighted by Gasteiger charge is 2.19. The Labute approximate surface area is 166 Å². The number of ether oxygens (including phenoxy) is 2. The van der Waals surface area contributed by atoms with Gasteiger partial charge in [-0.15, -0.1) is 0 Å². The lowest BCUT2D eigenvalue weighted by Crippen LogP contribution is -2.32. The summed E-state index contributed by atoms with van der Waals surface area (Å²) in [6.45, 7) is 5.97. The van der Waals surface area contributed by atoms with Crippen molar-refractivity contribution in [2.24, 2.45) is 0 Å². The Morgan fingerprint density at radius 3 is 2.25 bits per heavy atom. The number of benzene rings is 3. The van der Waals surface area contributed by atoms with E-state index in [0.29, 0.717) is 17.9 Å². The van der Waals surface area contributed by atoms with E-state index in [4.69, 9.17) is 9.47 Å². The molecule has 0 saturated heterocycles. The van der Waals surface area contributed by atoms with Crippen LogP contribution in [0.5, 0.6) is 17.2 Å². The lowest BCUT2D eigenvalue weighted by atomic mass is 10.1. The van der Waals surface area contributed by atoms with Gasteiger partial charge in [-0.3, -0.25) is 4.79 Å². The molecule has 0 spiro atoms. The molecular formula is C24H25NO3. The number of hydrogen-bond donors (Lipinski definition) is 1. The molecule has 0 aromatic heterocycles. The van der Waals surface area contributed by atoms with Crippen molar-refractivity contribution in [3.8, 4) is 17.2 Å². The summed E-state index contributed by atoms with van der Waals surface area (Å²) in [7, 11) is 0. The van der Waals surface area contributed by atoms with Crippen LogP contribution in [0, 0.1) is 13.8 Å². The van der Waals surface area contributed by atoms with Gasteiger partial charge in [0.2, 0.25) is 0 Å². The summed E-state index contributed by atoms with van der Waals surface area (Å²) in [5, 5.41) is 2.92. The van der Waals surface area contributed by atoms with Gasteiger partial charge >= 0.3 is 0 Å². The Bertz CT molecular complexity index is 920. The fraction of sp³-hybridized carbons (Fsp3) is 0.208. The number of para-hydroxylation sites is 1. The molecule has 0 saturated carbocycles. The van der Waals surface area contributed by atoms with Gasteiger partial charge in [0.25, 0.3) is 5.91 Å². The molecule has 0 aliphatic heterocycles. The smallest absolute Gasteiger partial charge is 0.265 e. The average Bonchev–Trinajstić information content (AvgIpc) is 2.71. The summed E-state index contributed by atoms with van der Waals surface area (Å²) in [5.74, 6) is 2.06. The molecule has 1 N–H and O–H groups in total. The third-order valence-corrected chi connectivity index (χ3v) is 4.59. The van der Waals surface area contributed by atoms with Crippen molar-refractivity contribution < 1.29 is 14.3 Å². The molecule has 0 bridgehead atoms. The third-order valence-electron chi connectivity index (χ3n) is 4.59. The standard InChI is InChI=1S/C24H25NO3/c1-4-22(28-23-12-8-9-17(2)18(23)3)24(26)25-19-13-15-21(16-14-19)27-20-10-6-5-7-11-20/h5-16,22H,4H2,1-3H3,(H,25,26). The first kappa shape index (κ1) is 19.5. The van der Waals surface area contributed by atoms with Crippen LogP contribution in [0.15, 0.2) is 72.8 Å². The Balaban J connectivity index is 1.63. The minimum Gasteiger partial charge on any atom is -0.480 e. The molecule has 4 nitrogen and oxygen atoms in total. The van der Waals surface area contributed by atoms with Gasteiger partial charge in [0.1, 0.15) is 17.2 Å². The Kier molecular flexibility index (Phi) is 6.33. The minimum absolute atomic E-state index is 0.167. The lowest BCUT2D eigenvalue weighted by Gasteiger charge is -2.19. The predicted molar refractivity (Wildman–Crippen MR) is 112 cm³/mol. The Morgan fingerprint density at radius 2 is 1.57 bits per heavy atom. The number of carbonyl (C=O) groups is 1. The first-order chi connectivity index (χ1) is 13.6. The van der Waals surface area contributed by atoms with E-state index in [1.165, 1.54) is 0 Å². The van der Waals surface area contributed by atoms with Crippen LogP contribution in [0.3, 0.4) is 0 Å². The van der Waals surface area contributed by atoms with E-state index >= 15 is 0 Å². The fourth-order valence-electron chi connectivity index (χ4n) is 2.78. The van der Waals surface area contributed by atoms with Crippen molar-refractivity contribution in [1.29, 1.82) is 0 Å². The van der Waals surface area contributed by atoms with Gasteiger partial charge in [0.15, 0.2) is 6.10 Å². The van der Waals surface area contributed by atoms with Gasteiger partial charge < -0.3 is 14.8 Å². The van der Waals surface area contributed by atoms with Crippen molar-refractivity contribution in [3.05, 3.63) is 83.9 Å². The van der Waals surface area contributed by atoms with Gasteiger partial charge in [-0.25, -0.2) is 0 Å². The van der Waals surface area contributed by atoms with Crippen molar-refractivity contribution in [2.75, 3.05) is 5.32 Å². The van der Waals surface area contributed by atoms with E-state index in [0.717, 1.165) is 22.6 Å². The summed E-state index contributed by atoms with van der Waals surface area (Å²) in [6, 6.07) is 22.7. The molecule has 0 fully saturated rings. The van der Waals surface area contributed by atoms with Crippen molar-refractivity contribution in [1.82, 2.24) is 0 Å². The SMILES string of the molecule is CCC(Oc1cccc(C)c1C)C(=O)Nc1ccc(Oc2ccccc2)cc1. The largest absolute Gasteiger partial charge is 0.480 e. The number of nitrogens with one attached hydrogen (secondary N) is 1. The van der Waals surface area contributed by atoms with Crippen LogP contribution in [0.2, 0.25) is 0 Å². The summed E-state index contributed by atoms with van der Waals surface area (Å²) < 4.78 is 11.7. The zero-order valence-corrected chi connectivity index (χ0v) is 16.4. The van der Waals surface area contributed by atoms with Gasteiger partial charge in [0, 0.05) is 5.69 Å². The van der Waals surface area contributed by atoms with Crippen LogP contribution in [0.4, 0.5) is 5.69 Å². The second-order valence-corrected chi connectivity index (χ2v) is 6.64. The quantitative estimate of drug-likeness (QED) is 0.560. The van der Waals surface area contributed by atoms with Gasteiger partial charge in [-0.1, -0.05) is 37.3 Å². The minimum atomic E-state index is -0.555. The van der Waals surface area contributed by atoms with Crippen LogP contribution in [0.25, 0.3) is 0 Å². The van der Waals surface area contributed by atoms with Crippen LogP contribution in [-0.2, 0) is 4.79 Å². The van der Waals surface area contributed by atoms with Crippen molar-refractivity contribution >= 4 is 11.6 Å². The highest BCUT2D eigenvalue weighted by atomic mass is 16.5. The third kappa shape index (κ3) is 4.92. The average molecular weight is 375 g/mol. The number of amides is 1. The first-order valence-electron chi connectivity index (χ1n) is 9.43. The van der Waals surface area contributed by atoms with Crippen molar-refractivity contribution in [2.45, 2.75) is 33.3 Å². The maximum Gasteiger partial charge on any atom is 0.265 e. The molecule has 0 heterocycles. The van der Waals surface area contributed by atoms with E-state index in [9.17, 15) is 4.79 Å². The summed E-state index contributed by atoms with van der Waals surface area (Å²) in [5.41, 5.74) is 2.89. The van der Waals surface area contributed by atoms with Crippen LogP contribution < -0.4 is 14.8 Å². The summed E-state index contributed by atoms with van der Waals surface area (Å²) in [6.07, 6.45) is 0.0229. The van der Waals surface area contributed by atoms with Gasteiger partial charge in [-0.05, 0) is 73.9 Å². The second-order valence-electron chi connectivity index (χ2n) is 6.64. The highest BCUT2D eigenvalue weighted by Crippen LogP contribution is 2.24. The molecular weight excluding hydrogens is 350 g/mol. The number of aryl methyl sites for hydroxylation is 1. The molecule has 0 radical (unpaired) electrons. The summed E-state index contributed by atoms with van der Waals surface area (Å²) in [4.78, 5) is 12.7. The maximum absolute atomic E-state index is 12.7. The molecule has 3 aromatic rings. The number of carbonyl (C=O) groups excluding carboxylic acids is 1. The second kappa shape index (κ2) is 9.09. The molecule has 1 unspecified atom stereocenters. The molecule has 28 heavy (non-hydrogen) atoms. The van der Waals surface area contributed by atoms with E-state index in [1.54, 1.807) is 0 Å². The fourth-order valence-corrected chi connectivity index (χ4v) is 2.78. The van der Waals surface area contributed by atoms with E-state index < -0.39 is 6.10 Å². The Morgan fingerprint density at radius 1 is 0.893 bits per heavy atom. The molecule has 0 aliphatic rings. The number of hydrogen-bond acceptors (Lipinski definition) is 3. The van der Waals surface area contributed by atoms with Crippen LogP contribution >= 0.6 is 0 Å². The zero-order chi connectivity index (χ0) is 19.9.